The number of halogens is 3. The maximum absolute atomic E-state index is 13.4. The van der Waals surface area contributed by atoms with Crippen molar-refractivity contribution in [1.29, 1.82) is 0 Å². The van der Waals surface area contributed by atoms with Gasteiger partial charge in [0.15, 0.2) is 0 Å². The van der Waals surface area contributed by atoms with E-state index < -0.39 is 5.82 Å². The molecule has 0 saturated heterocycles. The van der Waals surface area contributed by atoms with E-state index in [-0.39, 0.29) is 5.82 Å². The first kappa shape index (κ1) is 14.0. The third-order valence-corrected chi connectivity index (χ3v) is 3.20. The molecule has 0 heterocycles. The zero-order valence-corrected chi connectivity index (χ0v) is 11.6. The molecule has 0 unspecified atom stereocenters. The van der Waals surface area contributed by atoms with E-state index in [4.69, 9.17) is 10.5 Å². The lowest BCUT2D eigenvalue weighted by Gasteiger charge is -2.11. The summed E-state index contributed by atoms with van der Waals surface area (Å²) < 4.78 is 32.5. The Bertz CT molecular complexity index is 590. The summed E-state index contributed by atoms with van der Waals surface area (Å²) in [6.07, 6.45) is 0.492. The lowest BCUT2D eigenvalue weighted by atomic mass is 10.1. The molecule has 0 fully saturated rings. The summed E-state index contributed by atoms with van der Waals surface area (Å²) in [6.45, 7) is 0.383. The van der Waals surface area contributed by atoms with Gasteiger partial charge in [0.1, 0.15) is 23.1 Å². The van der Waals surface area contributed by atoms with Crippen LogP contribution < -0.4 is 10.5 Å². The van der Waals surface area contributed by atoms with Crippen molar-refractivity contribution in [2.24, 2.45) is 5.73 Å². The molecule has 2 aromatic rings. The lowest BCUT2D eigenvalue weighted by molar-refractivity contribution is 0.468. The monoisotopic (exact) mass is 327 g/mol. The fourth-order valence-corrected chi connectivity index (χ4v) is 1.91. The van der Waals surface area contributed by atoms with Crippen molar-refractivity contribution < 1.29 is 13.5 Å². The summed E-state index contributed by atoms with van der Waals surface area (Å²) >= 11 is 3.07. The standard InChI is InChI=1S/C14H12BrF2NO/c15-12-3-2-11(8-13(12)17)19-14-4-1-10(16)7-9(14)5-6-18/h1-4,7-8H,5-6,18H2. The maximum atomic E-state index is 13.4. The van der Waals surface area contributed by atoms with Gasteiger partial charge in [0.25, 0.3) is 0 Å². The Morgan fingerprint density at radius 2 is 1.89 bits per heavy atom. The topological polar surface area (TPSA) is 35.2 Å². The molecular formula is C14H12BrF2NO. The Balaban J connectivity index is 2.29. The zero-order valence-electron chi connectivity index (χ0n) is 10.00. The van der Waals surface area contributed by atoms with Crippen LogP contribution in [0.2, 0.25) is 0 Å². The largest absolute Gasteiger partial charge is 0.457 e. The summed E-state index contributed by atoms with van der Waals surface area (Å²) in [5.41, 5.74) is 6.13. The molecule has 0 atom stereocenters. The van der Waals surface area contributed by atoms with Crippen LogP contribution in [0.15, 0.2) is 40.9 Å². The van der Waals surface area contributed by atoms with Gasteiger partial charge in [-0.1, -0.05) is 0 Å². The van der Waals surface area contributed by atoms with Crippen LogP contribution in [0.25, 0.3) is 0 Å². The van der Waals surface area contributed by atoms with Gasteiger partial charge in [-0.3, -0.25) is 0 Å². The normalized spacial score (nSPS) is 10.5. The van der Waals surface area contributed by atoms with Gasteiger partial charge < -0.3 is 10.5 Å². The Labute approximate surface area is 118 Å². The van der Waals surface area contributed by atoms with Crippen LogP contribution in [-0.4, -0.2) is 6.54 Å². The van der Waals surface area contributed by atoms with Crippen molar-refractivity contribution in [1.82, 2.24) is 0 Å². The van der Waals surface area contributed by atoms with Gasteiger partial charge in [-0.15, -0.1) is 0 Å². The van der Waals surface area contributed by atoms with Gasteiger partial charge in [-0.25, -0.2) is 8.78 Å². The molecule has 0 amide bonds. The van der Waals surface area contributed by atoms with E-state index in [1.165, 1.54) is 24.3 Å². The molecule has 0 radical (unpaired) electrons. The van der Waals surface area contributed by atoms with E-state index in [0.717, 1.165) is 0 Å². The highest BCUT2D eigenvalue weighted by atomic mass is 79.9. The molecule has 2 rings (SSSR count). The number of hydrogen-bond acceptors (Lipinski definition) is 2. The molecular weight excluding hydrogens is 316 g/mol. The van der Waals surface area contributed by atoms with Gasteiger partial charge in [-0.2, -0.15) is 0 Å². The predicted octanol–water partition coefficient (Wildman–Crippen LogP) is 4.02. The quantitative estimate of drug-likeness (QED) is 0.920. The van der Waals surface area contributed by atoms with Gasteiger partial charge in [-0.05, 0) is 64.8 Å². The molecule has 100 valence electrons. The molecule has 0 aromatic heterocycles. The van der Waals surface area contributed by atoms with Gasteiger partial charge in [0.05, 0.1) is 4.47 Å². The van der Waals surface area contributed by atoms with Crippen LogP contribution >= 0.6 is 15.9 Å². The maximum Gasteiger partial charge on any atom is 0.141 e. The highest BCUT2D eigenvalue weighted by Gasteiger charge is 2.08. The third-order valence-electron chi connectivity index (χ3n) is 2.56. The summed E-state index contributed by atoms with van der Waals surface area (Å²) in [7, 11) is 0. The molecule has 0 saturated carbocycles. The second kappa shape index (κ2) is 6.12. The molecule has 2 aromatic carbocycles. The highest BCUT2D eigenvalue weighted by molar-refractivity contribution is 9.10. The van der Waals surface area contributed by atoms with E-state index in [1.807, 2.05) is 0 Å². The van der Waals surface area contributed by atoms with Gasteiger partial charge in [0.2, 0.25) is 0 Å². The van der Waals surface area contributed by atoms with Crippen LogP contribution in [0.4, 0.5) is 8.78 Å². The number of rotatable bonds is 4. The fraction of sp³-hybridized carbons (Fsp3) is 0.143. The minimum absolute atomic E-state index is 0.349. The van der Waals surface area contributed by atoms with Crippen molar-refractivity contribution >= 4 is 15.9 Å². The Kier molecular flexibility index (Phi) is 4.50. The molecule has 5 heteroatoms. The second-order valence-electron chi connectivity index (χ2n) is 3.97. The Morgan fingerprint density at radius 1 is 1.11 bits per heavy atom. The molecule has 2 nitrogen and oxygen atoms in total. The van der Waals surface area contributed by atoms with Crippen molar-refractivity contribution in [3.63, 3.8) is 0 Å². The molecule has 2 N–H and O–H groups in total. The molecule has 19 heavy (non-hydrogen) atoms. The molecule has 0 spiro atoms. The summed E-state index contributed by atoms with van der Waals surface area (Å²) in [4.78, 5) is 0. The SMILES string of the molecule is NCCc1cc(F)ccc1Oc1ccc(Br)c(F)c1. The van der Waals surface area contributed by atoms with Crippen molar-refractivity contribution in [2.75, 3.05) is 6.54 Å². The zero-order chi connectivity index (χ0) is 13.8. The first-order valence-electron chi connectivity index (χ1n) is 5.71. The number of benzene rings is 2. The summed E-state index contributed by atoms with van der Waals surface area (Å²) in [5, 5.41) is 0. The van der Waals surface area contributed by atoms with E-state index in [0.29, 0.717) is 34.5 Å². The molecule has 0 aliphatic rings. The first-order valence-corrected chi connectivity index (χ1v) is 6.51. The average Bonchev–Trinajstić information content (AvgIpc) is 2.37. The summed E-state index contributed by atoms with van der Waals surface area (Å²) in [5.74, 6) is 0.0666. The van der Waals surface area contributed by atoms with Crippen LogP contribution in [0.5, 0.6) is 11.5 Å². The number of ether oxygens (including phenoxy) is 1. The van der Waals surface area contributed by atoms with E-state index >= 15 is 0 Å². The van der Waals surface area contributed by atoms with E-state index in [2.05, 4.69) is 15.9 Å². The number of nitrogens with two attached hydrogens (primary N) is 1. The highest BCUT2D eigenvalue weighted by Crippen LogP contribution is 2.28. The third kappa shape index (κ3) is 3.52. The Hall–Kier alpha value is -1.46. The van der Waals surface area contributed by atoms with Crippen LogP contribution in [-0.2, 0) is 6.42 Å². The van der Waals surface area contributed by atoms with Crippen molar-refractivity contribution in [3.05, 3.63) is 58.1 Å². The van der Waals surface area contributed by atoms with Gasteiger partial charge >= 0.3 is 0 Å². The van der Waals surface area contributed by atoms with Crippen molar-refractivity contribution in [2.45, 2.75) is 6.42 Å². The van der Waals surface area contributed by atoms with E-state index in [9.17, 15) is 8.78 Å². The smallest absolute Gasteiger partial charge is 0.141 e. The Morgan fingerprint density at radius 3 is 2.58 bits per heavy atom. The minimum atomic E-state index is -0.417. The van der Waals surface area contributed by atoms with Crippen LogP contribution in [0.1, 0.15) is 5.56 Å². The molecule has 0 aliphatic carbocycles. The fourth-order valence-electron chi connectivity index (χ4n) is 1.67. The first-order chi connectivity index (χ1) is 9.10. The van der Waals surface area contributed by atoms with Gasteiger partial charge in [0, 0.05) is 6.07 Å². The average molecular weight is 328 g/mol. The predicted molar refractivity (Wildman–Crippen MR) is 73.3 cm³/mol. The summed E-state index contributed by atoms with van der Waals surface area (Å²) in [6, 6.07) is 8.63. The van der Waals surface area contributed by atoms with E-state index in [1.54, 1.807) is 12.1 Å². The van der Waals surface area contributed by atoms with Crippen LogP contribution in [0, 0.1) is 11.6 Å². The molecule has 0 bridgehead atoms. The molecule has 0 aliphatic heterocycles. The van der Waals surface area contributed by atoms with Crippen LogP contribution in [0.3, 0.4) is 0 Å². The lowest BCUT2D eigenvalue weighted by Crippen LogP contribution is -2.04. The number of hydrogen-bond donors (Lipinski definition) is 1. The second-order valence-corrected chi connectivity index (χ2v) is 4.82. The van der Waals surface area contributed by atoms with Crippen molar-refractivity contribution in [3.8, 4) is 11.5 Å². The minimum Gasteiger partial charge on any atom is -0.457 e.